The summed E-state index contributed by atoms with van der Waals surface area (Å²) >= 11 is 5.98. The Morgan fingerprint density at radius 3 is 2.56 bits per heavy atom. The van der Waals surface area contributed by atoms with Crippen LogP contribution >= 0.6 is 11.6 Å². The number of esters is 1. The van der Waals surface area contributed by atoms with Gasteiger partial charge in [0.2, 0.25) is 0 Å². The van der Waals surface area contributed by atoms with Gasteiger partial charge in [0, 0.05) is 35.1 Å². The SMILES string of the molecule is COC(=O)CCC1CN([SH](C)(=O)c2ccc(Cl)cc2)c2ccc(OC)cc21. The molecule has 1 aliphatic rings. The average Bonchev–Trinajstić information content (AvgIpc) is 3.05. The van der Waals surface area contributed by atoms with Crippen molar-refractivity contribution >= 4 is 33.4 Å². The first kappa shape index (κ1) is 19.7. The van der Waals surface area contributed by atoms with E-state index in [0.717, 1.165) is 21.9 Å². The molecule has 0 fully saturated rings. The van der Waals surface area contributed by atoms with E-state index < -0.39 is 10.1 Å². The monoisotopic (exact) mass is 409 g/mol. The first-order valence-electron chi connectivity index (χ1n) is 8.73. The maximum atomic E-state index is 13.7. The van der Waals surface area contributed by atoms with Crippen LogP contribution in [0.4, 0.5) is 5.69 Å². The highest BCUT2D eigenvalue weighted by Gasteiger charge is 2.35. The number of benzene rings is 2. The van der Waals surface area contributed by atoms with Crippen molar-refractivity contribution in [3.63, 3.8) is 0 Å². The van der Waals surface area contributed by atoms with Gasteiger partial charge in [-0.25, -0.2) is 0 Å². The number of methoxy groups -OCH3 is 2. The molecule has 27 heavy (non-hydrogen) atoms. The summed E-state index contributed by atoms with van der Waals surface area (Å²) < 4.78 is 25.8. The highest BCUT2D eigenvalue weighted by molar-refractivity contribution is 8.03. The number of fused-ring (bicyclic) bond motifs is 1. The van der Waals surface area contributed by atoms with E-state index in [2.05, 4.69) is 0 Å². The molecule has 0 N–H and O–H groups in total. The van der Waals surface area contributed by atoms with Gasteiger partial charge in [0.15, 0.2) is 0 Å². The fourth-order valence-corrected chi connectivity index (χ4v) is 5.70. The number of anilines is 1. The summed E-state index contributed by atoms with van der Waals surface area (Å²) in [6.07, 6.45) is 2.72. The molecule has 0 aromatic heterocycles. The van der Waals surface area contributed by atoms with Crippen molar-refractivity contribution in [1.82, 2.24) is 0 Å². The maximum Gasteiger partial charge on any atom is 0.305 e. The van der Waals surface area contributed by atoms with E-state index in [9.17, 15) is 9.00 Å². The fourth-order valence-electron chi connectivity index (χ4n) is 3.49. The molecule has 1 aliphatic heterocycles. The molecule has 3 rings (SSSR count). The van der Waals surface area contributed by atoms with Gasteiger partial charge in [-0.15, -0.1) is 0 Å². The van der Waals surface area contributed by atoms with Crippen LogP contribution in [0.3, 0.4) is 0 Å². The number of thiol groups is 1. The second-order valence-corrected chi connectivity index (χ2v) is 9.87. The van der Waals surface area contributed by atoms with Gasteiger partial charge < -0.3 is 13.8 Å². The van der Waals surface area contributed by atoms with Gasteiger partial charge in [0.25, 0.3) is 0 Å². The number of hydrogen-bond acceptors (Lipinski definition) is 4. The summed E-state index contributed by atoms with van der Waals surface area (Å²) in [6.45, 7) is 0.579. The average molecular weight is 410 g/mol. The lowest BCUT2D eigenvalue weighted by Gasteiger charge is -2.33. The number of carbonyl (C=O) groups excluding carboxylic acids is 1. The Hall–Kier alpha value is -2.05. The van der Waals surface area contributed by atoms with Crippen molar-refractivity contribution < 1.29 is 18.5 Å². The zero-order valence-corrected chi connectivity index (χ0v) is 17.3. The molecule has 146 valence electrons. The Labute approximate surface area is 165 Å². The molecule has 0 amide bonds. The smallest absolute Gasteiger partial charge is 0.305 e. The van der Waals surface area contributed by atoms with Gasteiger partial charge >= 0.3 is 5.97 Å². The number of rotatable bonds is 6. The Balaban J connectivity index is 1.96. The summed E-state index contributed by atoms with van der Waals surface area (Å²) in [4.78, 5) is 12.4. The molecule has 1 heterocycles. The van der Waals surface area contributed by atoms with Crippen LogP contribution in [0.1, 0.15) is 24.3 Å². The Kier molecular flexibility index (Phi) is 5.77. The molecule has 2 aromatic carbocycles. The van der Waals surface area contributed by atoms with Crippen molar-refractivity contribution in [3.05, 3.63) is 53.1 Å². The quantitative estimate of drug-likeness (QED) is 0.582. The van der Waals surface area contributed by atoms with E-state index in [1.807, 2.05) is 34.6 Å². The standard InChI is InChI=1S/C20H24ClNO4S/c1-25-16-7-10-19-18(12-16)14(4-11-20(23)26-2)13-22(19)27(3,24)17-8-5-15(21)6-9-17/h5-10,12,14,27H,4,11,13H2,1-3H3. The molecule has 2 aromatic rings. The van der Waals surface area contributed by atoms with Crippen molar-refractivity contribution in [2.45, 2.75) is 23.7 Å². The van der Waals surface area contributed by atoms with E-state index >= 15 is 0 Å². The molecule has 7 heteroatoms. The predicted molar refractivity (Wildman–Crippen MR) is 110 cm³/mol. The topological polar surface area (TPSA) is 55.8 Å². The van der Waals surface area contributed by atoms with Crippen LogP contribution in [0.25, 0.3) is 0 Å². The van der Waals surface area contributed by atoms with Crippen molar-refractivity contribution in [2.75, 3.05) is 31.3 Å². The molecule has 0 radical (unpaired) electrons. The molecular formula is C20H24ClNO4S. The van der Waals surface area contributed by atoms with Gasteiger partial charge in [0.05, 0.1) is 19.9 Å². The Morgan fingerprint density at radius 2 is 1.93 bits per heavy atom. The highest BCUT2D eigenvalue weighted by Crippen LogP contribution is 2.44. The van der Waals surface area contributed by atoms with Crippen LogP contribution in [-0.2, 0) is 19.7 Å². The molecule has 1 unspecified atom stereocenters. The van der Waals surface area contributed by atoms with Crippen LogP contribution in [0, 0.1) is 0 Å². The summed E-state index contributed by atoms with van der Waals surface area (Å²) in [5.41, 5.74) is 1.97. The molecule has 0 bridgehead atoms. The number of nitrogens with zero attached hydrogens (tertiary/aromatic N) is 1. The van der Waals surface area contributed by atoms with Crippen LogP contribution < -0.4 is 9.04 Å². The molecule has 0 saturated heterocycles. The predicted octanol–water partition coefficient (Wildman–Crippen LogP) is 3.83. The lowest BCUT2D eigenvalue weighted by molar-refractivity contribution is -0.140. The van der Waals surface area contributed by atoms with Gasteiger partial charge in [0.1, 0.15) is 5.75 Å². The lowest BCUT2D eigenvalue weighted by atomic mass is 9.96. The van der Waals surface area contributed by atoms with Crippen molar-refractivity contribution in [3.8, 4) is 5.75 Å². The van der Waals surface area contributed by atoms with Crippen LogP contribution in [0.15, 0.2) is 47.4 Å². The van der Waals surface area contributed by atoms with E-state index in [-0.39, 0.29) is 11.9 Å². The minimum Gasteiger partial charge on any atom is -0.497 e. The van der Waals surface area contributed by atoms with Crippen LogP contribution in [0.5, 0.6) is 5.75 Å². The number of hydrogen-bond donors (Lipinski definition) is 1. The molecule has 5 nitrogen and oxygen atoms in total. The van der Waals surface area contributed by atoms with Crippen LogP contribution in [0.2, 0.25) is 5.02 Å². The third-order valence-corrected chi connectivity index (χ3v) is 7.85. The molecule has 0 spiro atoms. The summed E-state index contributed by atoms with van der Waals surface area (Å²) in [7, 11) is 0.169. The van der Waals surface area contributed by atoms with E-state index in [1.165, 1.54) is 7.11 Å². The van der Waals surface area contributed by atoms with Gasteiger partial charge in [-0.05, 0) is 64.6 Å². The highest BCUT2D eigenvalue weighted by atomic mass is 35.5. The first-order valence-corrected chi connectivity index (χ1v) is 11.2. The fraction of sp³-hybridized carbons (Fsp3) is 0.350. The first-order chi connectivity index (χ1) is 12.9. The minimum absolute atomic E-state index is 0.0785. The summed E-state index contributed by atoms with van der Waals surface area (Å²) in [6, 6.07) is 12.9. The minimum atomic E-state index is -2.84. The maximum absolute atomic E-state index is 13.7. The third-order valence-electron chi connectivity index (χ3n) is 5.04. The zero-order valence-electron chi connectivity index (χ0n) is 15.6. The third kappa shape index (κ3) is 3.96. The van der Waals surface area contributed by atoms with Crippen molar-refractivity contribution in [2.24, 2.45) is 0 Å². The van der Waals surface area contributed by atoms with Gasteiger partial charge in [-0.1, -0.05) is 11.6 Å². The van der Waals surface area contributed by atoms with E-state index in [4.69, 9.17) is 21.1 Å². The Bertz CT molecular complexity index is 884. The normalized spacial score (nSPS) is 16.7. The number of halogens is 1. The van der Waals surface area contributed by atoms with E-state index in [0.29, 0.717) is 24.4 Å². The number of ether oxygens (including phenoxy) is 2. The zero-order chi connectivity index (χ0) is 19.6. The lowest BCUT2D eigenvalue weighted by Crippen LogP contribution is -2.35. The van der Waals surface area contributed by atoms with Gasteiger partial charge in [-0.2, -0.15) is 0 Å². The Morgan fingerprint density at radius 1 is 1.22 bits per heavy atom. The molecule has 1 atom stereocenters. The molecule has 0 aliphatic carbocycles. The summed E-state index contributed by atoms with van der Waals surface area (Å²) in [5.74, 6) is 0.584. The van der Waals surface area contributed by atoms with E-state index in [1.54, 1.807) is 25.5 Å². The largest absolute Gasteiger partial charge is 0.497 e. The van der Waals surface area contributed by atoms with Gasteiger partial charge in [-0.3, -0.25) is 9.00 Å². The summed E-state index contributed by atoms with van der Waals surface area (Å²) in [5, 5.41) is 0.612. The number of carbonyl (C=O) groups is 1. The second kappa shape index (κ2) is 7.90. The van der Waals surface area contributed by atoms with Crippen LogP contribution in [-0.4, -0.2) is 37.2 Å². The second-order valence-electron chi connectivity index (χ2n) is 6.67. The molecule has 0 saturated carbocycles. The van der Waals surface area contributed by atoms with Crippen molar-refractivity contribution in [1.29, 1.82) is 0 Å². The molecular weight excluding hydrogens is 386 g/mol.